The average Bonchev–Trinajstić information content (AvgIpc) is 3.04. The van der Waals surface area contributed by atoms with Gasteiger partial charge in [0.15, 0.2) is 0 Å². The van der Waals surface area contributed by atoms with Gasteiger partial charge in [0.05, 0.1) is 0 Å². The number of amides is 1. The Morgan fingerprint density at radius 2 is 1.77 bits per heavy atom. The molecular formula is C26H20IN3O. The first-order valence-electron chi connectivity index (χ1n) is 9.83. The standard InChI is InChI=1S/C26H20IN3O/c1-17-12-21(18(2)30(17)25-9-5-8-23(27)15-25)13-22(16-28)26(31)29-24-11-10-19-6-3-4-7-20(19)14-24/h3-15H,1-2H3,(H,29,31). The normalized spacial score (nSPS) is 11.4. The molecular weight excluding hydrogens is 497 g/mol. The summed E-state index contributed by atoms with van der Waals surface area (Å²) in [5.74, 6) is -0.420. The molecule has 1 aromatic heterocycles. The third-order valence-corrected chi connectivity index (χ3v) is 5.88. The van der Waals surface area contributed by atoms with Crippen molar-refractivity contribution in [2.45, 2.75) is 13.8 Å². The van der Waals surface area contributed by atoms with Gasteiger partial charge in [-0.15, -0.1) is 0 Å². The molecule has 31 heavy (non-hydrogen) atoms. The molecule has 4 rings (SSSR count). The maximum atomic E-state index is 12.8. The van der Waals surface area contributed by atoms with Crippen molar-refractivity contribution in [3.05, 3.63) is 98.9 Å². The van der Waals surface area contributed by atoms with Gasteiger partial charge in [0.1, 0.15) is 11.6 Å². The monoisotopic (exact) mass is 517 g/mol. The second kappa shape index (κ2) is 8.78. The number of nitriles is 1. The van der Waals surface area contributed by atoms with E-state index < -0.39 is 5.91 Å². The topological polar surface area (TPSA) is 57.8 Å². The predicted octanol–water partition coefficient (Wildman–Crippen LogP) is 6.40. The number of fused-ring (bicyclic) bond motifs is 1. The quantitative estimate of drug-likeness (QED) is 0.194. The van der Waals surface area contributed by atoms with Crippen molar-refractivity contribution < 1.29 is 4.79 Å². The Labute approximate surface area is 195 Å². The van der Waals surface area contributed by atoms with Crippen molar-refractivity contribution in [3.63, 3.8) is 0 Å². The zero-order valence-corrected chi connectivity index (χ0v) is 19.3. The van der Waals surface area contributed by atoms with Crippen LogP contribution in [0.3, 0.4) is 0 Å². The average molecular weight is 517 g/mol. The van der Waals surface area contributed by atoms with E-state index in [0.29, 0.717) is 5.69 Å². The Hall–Kier alpha value is -3.37. The summed E-state index contributed by atoms with van der Waals surface area (Å²) in [7, 11) is 0. The lowest BCUT2D eigenvalue weighted by atomic mass is 10.1. The number of aromatic nitrogens is 1. The van der Waals surface area contributed by atoms with Gasteiger partial charge in [0, 0.05) is 26.3 Å². The van der Waals surface area contributed by atoms with E-state index in [4.69, 9.17) is 0 Å². The number of rotatable bonds is 4. The minimum Gasteiger partial charge on any atom is -0.321 e. The van der Waals surface area contributed by atoms with Gasteiger partial charge in [-0.3, -0.25) is 4.79 Å². The van der Waals surface area contributed by atoms with Crippen LogP contribution in [0.2, 0.25) is 0 Å². The summed E-state index contributed by atoms with van der Waals surface area (Å²) in [5.41, 5.74) is 4.65. The first kappa shape index (κ1) is 20.9. The molecule has 0 spiro atoms. The number of anilines is 1. The van der Waals surface area contributed by atoms with Crippen molar-refractivity contribution in [3.8, 4) is 11.8 Å². The van der Waals surface area contributed by atoms with Crippen LogP contribution in [0.5, 0.6) is 0 Å². The van der Waals surface area contributed by atoms with Crippen LogP contribution >= 0.6 is 22.6 Å². The van der Waals surface area contributed by atoms with Crippen molar-refractivity contribution >= 4 is 51.0 Å². The number of aryl methyl sites for hydroxylation is 1. The van der Waals surface area contributed by atoms with Crippen LogP contribution in [-0.2, 0) is 4.79 Å². The molecule has 0 aliphatic heterocycles. The number of hydrogen-bond acceptors (Lipinski definition) is 2. The Morgan fingerprint density at radius 1 is 1.00 bits per heavy atom. The van der Waals surface area contributed by atoms with Gasteiger partial charge in [-0.25, -0.2) is 0 Å². The fourth-order valence-electron chi connectivity index (χ4n) is 3.72. The molecule has 1 heterocycles. The van der Waals surface area contributed by atoms with Crippen LogP contribution < -0.4 is 5.32 Å². The van der Waals surface area contributed by atoms with Crippen LogP contribution in [-0.4, -0.2) is 10.5 Å². The van der Waals surface area contributed by atoms with E-state index in [1.807, 2.05) is 80.6 Å². The molecule has 4 aromatic rings. The lowest BCUT2D eigenvalue weighted by Gasteiger charge is -2.10. The van der Waals surface area contributed by atoms with Gasteiger partial charge in [0.25, 0.3) is 5.91 Å². The van der Waals surface area contributed by atoms with Crippen LogP contribution in [0.1, 0.15) is 17.0 Å². The van der Waals surface area contributed by atoms with E-state index in [9.17, 15) is 10.1 Å². The predicted molar refractivity (Wildman–Crippen MR) is 134 cm³/mol. The maximum Gasteiger partial charge on any atom is 0.266 e. The summed E-state index contributed by atoms with van der Waals surface area (Å²) in [4.78, 5) is 12.8. The summed E-state index contributed by atoms with van der Waals surface area (Å²) >= 11 is 2.29. The zero-order chi connectivity index (χ0) is 22.0. The van der Waals surface area contributed by atoms with Gasteiger partial charge in [-0.2, -0.15) is 5.26 Å². The smallest absolute Gasteiger partial charge is 0.266 e. The maximum absolute atomic E-state index is 12.8. The molecule has 0 saturated heterocycles. The number of hydrogen-bond donors (Lipinski definition) is 1. The molecule has 0 atom stereocenters. The van der Waals surface area contributed by atoms with E-state index in [-0.39, 0.29) is 5.57 Å². The lowest BCUT2D eigenvalue weighted by Crippen LogP contribution is -2.13. The van der Waals surface area contributed by atoms with E-state index >= 15 is 0 Å². The second-order valence-corrected chi connectivity index (χ2v) is 8.57. The molecule has 0 aliphatic carbocycles. The molecule has 0 unspecified atom stereocenters. The van der Waals surface area contributed by atoms with Crippen molar-refractivity contribution in [2.75, 3.05) is 5.32 Å². The summed E-state index contributed by atoms with van der Waals surface area (Å²) in [6.07, 6.45) is 1.66. The van der Waals surface area contributed by atoms with E-state index in [1.54, 1.807) is 6.08 Å². The molecule has 0 bridgehead atoms. The Balaban J connectivity index is 1.64. The van der Waals surface area contributed by atoms with Gasteiger partial charge in [-0.05, 0) is 95.2 Å². The van der Waals surface area contributed by atoms with Gasteiger partial charge in [0.2, 0.25) is 0 Å². The summed E-state index contributed by atoms with van der Waals surface area (Å²) in [6, 6.07) is 25.9. The van der Waals surface area contributed by atoms with Gasteiger partial charge < -0.3 is 9.88 Å². The molecule has 0 fully saturated rings. The number of halogens is 1. The van der Waals surface area contributed by atoms with E-state index in [0.717, 1.165) is 37.0 Å². The molecule has 0 aliphatic rings. The molecule has 5 heteroatoms. The minimum atomic E-state index is -0.420. The molecule has 1 N–H and O–H groups in total. The number of nitrogens with zero attached hydrogens (tertiary/aromatic N) is 2. The minimum absolute atomic E-state index is 0.0658. The van der Waals surface area contributed by atoms with Crippen LogP contribution in [0, 0.1) is 28.7 Å². The van der Waals surface area contributed by atoms with E-state index in [1.165, 1.54) is 0 Å². The largest absolute Gasteiger partial charge is 0.321 e. The van der Waals surface area contributed by atoms with Crippen LogP contribution in [0.25, 0.3) is 22.5 Å². The van der Waals surface area contributed by atoms with Crippen molar-refractivity contribution in [1.82, 2.24) is 4.57 Å². The van der Waals surface area contributed by atoms with Crippen molar-refractivity contribution in [1.29, 1.82) is 5.26 Å². The van der Waals surface area contributed by atoms with Gasteiger partial charge >= 0.3 is 0 Å². The molecule has 4 nitrogen and oxygen atoms in total. The highest BCUT2D eigenvalue weighted by atomic mass is 127. The Morgan fingerprint density at radius 3 is 2.52 bits per heavy atom. The van der Waals surface area contributed by atoms with Crippen LogP contribution in [0.15, 0.2) is 78.4 Å². The Kier molecular flexibility index (Phi) is 5.92. The first-order chi connectivity index (χ1) is 15.0. The number of carbonyl (C=O) groups is 1. The van der Waals surface area contributed by atoms with Crippen LogP contribution in [0.4, 0.5) is 5.69 Å². The SMILES string of the molecule is Cc1cc(C=C(C#N)C(=O)Nc2ccc3ccccc3c2)c(C)n1-c1cccc(I)c1. The molecule has 0 radical (unpaired) electrons. The summed E-state index contributed by atoms with van der Waals surface area (Å²) in [5, 5.41) is 14.6. The third-order valence-electron chi connectivity index (χ3n) is 5.21. The highest BCUT2D eigenvalue weighted by Crippen LogP contribution is 2.24. The first-order valence-corrected chi connectivity index (χ1v) is 10.9. The molecule has 3 aromatic carbocycles. The molecule has 0 saturated carbocycles. The number of nitrogens with one attached hydrogen (secondary N) is 1. The summed E-state index contributed by atoms with van der Waals surface area (Å²) in [6.45, 7) is 4.01. The summed E-state index contributed by atoms with van der Waals surface area (Å²) < 4.78 is 3.27. The fraction of sp³-hybridized carbons (Fsp3) is 0.0769. The molecule has 1 amide bonds. The highest BCUT2D eigenvalue weighted by molar-refractivity contribution is 14.1. The zero-order valence-electron chi connectivity index (χ0n) is 17.2. The number of benzene rings is 3. The number of carbonyl (C=O) groups excluding carboxylic acids is 1. The highest BCUT2D eigenvalue weighted by Gasteiger charge is 2.14. The molecule has 152 valence electrons. The second-order valence-electron chi connectivity index (χ2n) is 7.33. The van der Waals surface area contributed by atoms with Crippen molar-refractivity contribution in [2.24, 2.45) is 0 Å². The Bertz CT molecular complexity index is 1380. The van der Waals surface area contributed by atoms with E-state index in [2.05, 4.69) is 44.6 Å². The third kappa shape index (κ3) is 4.39. The fourth-order valence-corrected chi connectivity index (χ4v) is 4.24. The van der Waals surface area contributed by atoms with Gasteiger partial charge in [-0.1, -0.05) is 36.4 Å². The lowest BCUT2D eigenvalue weighted by molar-refractivity contribution is -0.112.